The molecule has 0 amide bonds. The molecular weight excluding hydrogens is 284 g/mol. The van der Waals surface area contributed by atoms with E-state index in [-0.39, 0.29) is 0 Å². The predicted molar refractivity (Wildman–Crippen MR) is 97.2 cm³/mol. The summed E-state index contributed by atoms with van der Waals surface area (Å²) in [6.07, 6.45) is 11.5. The summed E-state index contributed by atoms with van der Waals surface area (Å²) < 4.78 is 9.58. The molecule has 0 aromatic carbocycles. The Labute approximate surface area is 141 Å². The quantitative estimate of drug-likeness (QED) is 0.729. The first-order valence-corrected chi connectivity index (χ1v) is 8.12. The van der Waals surface area contributed by atoms with Crippen LogP contribution in [0.15, 0.2) is 62.2 Å². The molecule has 0 saturated carbocycles. The molecule has 0 aliphatic rings. The number of hydrogen-bond donors (Lipinski definition) is 0. The predicted octanol–water partition coefficient (Wildman–Crippen LogP) is 4.23. The lowest BCUT2D eigenvalue weighted by Gasteiger charge is -1.99. The van der Waals surface area contributed by atoms with Gasteiger partial charge in [0.25, 0.3) is 13.5 Å². The zero-order chi connectivity index (χ0) is 17.5. The maximum atomic E-state index is 5.63. The van der Waals surface area contributed by atoms with E-state index < -0.39 is 0 Å². The van der Waals surface area contributed by atoms with Gasteiger partial charge in [-0.05, 0) is 11.1 Å². The van der Waals surface area contributed by atoms with Crippen molar-refractivity contribution < 1.29 is 13.9 Å². The van der Waals surface area contributed by atoms with Crippen molar-refractivity contribution in [3.63, 3.8) is 0 Å². The average Bonchev–Trinajstić information content (AvgIpc) is 2.66. The molecule has 2 aromatic rings. The van der Waals surface area contributed by atoms with Crippen molar-refractivity contribution in [2.45, 2.75) is 41.2 Å². The molecule has 0 fully saturated rings. The van der Waals surface area contributed by atoms with Crippen LogP contribution in [0, 0.1) is 0 Å². The van der Waals surface area contributed by atoms with Gasteiger partial charge in [-0.1, -0.05) is 53.0 Å². The van der Waals surface area contributed by atoms with Gasteiger partial charge in [-0.2, -0.15) is 9.13 Å². The fraction of sp³-hybridized carbons (Fsp3) is 0.300. The Balaban J connectivity index is 0.00000112. The van der Waals surface area contributed by atoms with Crippen molar-refractivity contribution >= 4 is 12.2 Å². The zero-order valence-electron chi connectivity index (χ0n) is 14.9. The highest BCUT2D eigenvalue weighted by atomic mass is 16.5. The SMILES string of the molecule is C=Cc1cc[n+](COC[n+]2ccc(C=C)cc2)cc1.CC.CC. The second-order valence-corrected chi connectivity index (χ2v) is 4.16. The van der Waals surface area contributed by atoms with E-state index in [9.17, 15) is 0 Å². The summed E-state index contributed by atoms with van der Waals surface area (Å²) in [6, 6.07) is 8.01. The van der Waals surface area contributed by atoms with Crippen molar-refractivity contribution in [1.29, 1.82) is 0 Å². The van der Waals surface area contributed by atoms with Gasteiger partial charge in [0.2, 0.25) is 0 Å². The monoisotopic (exact) mass is 314 g/mol. The van der Waals surface area contributed by atoms with E-state index in [4.69, 9.17) is 4.74 Å². The third-order valence-corrected chi connectivity index (χ3v) is 2.79. The van der Waals surface area contributed by atoms with E-state index in [0.29, 0.717) is 13.5 Å². The van der Waals surface area contributed by atoms with Crippen molar-refractivity contribution in [2.24, 2.45) is 0 Å². The van der Waals surface area contributed by atoms with Crippen molar-refractivity contribution in [3.8, 4) is 0 Å². The van der Waals surface area contributed by atoms with Gasteiger partial charge in [-0.3, -0.25) is 4.74 Å². The number of rotatable bonds is 6. The van der Waals surface area contributed by atoms with Crippen LogP contribution in [0.5, 0.6) is 0 Å². The second kappa shape index (κ2) is 13.4. The fourth-order valence-corrected chi connectivity index (χ4v) is 1.63. The van der Waals surface area contributed by atoms with Gasteiger partial charge in [0.15, 0.2) is 24.8 Å². The summed E-state index contributed by atoms with van der Waals surface area (Å²) in [5.41, 5.74) is 2.20. The maximum absolute atomic E-state index is 5.63. The van der Waals surface area contributed by atoms with Crippen LogP contribution in [-0.4, -0.2) is 0 Å². The molecule has 2 heterocycles. The maximum Gasteiger partial charge on any atom is 0.257 e. The number of ether oxygens (including phenoxy) is 1. The van der Waals surface area contributed by atoms with Crippen LogP contribution in [0.1, 0.15) is 38.8 Å². The Kier molecular flexibility index (Phi) is 12.1. The van der Waals surface area contributed by atoms with Gasteiger partial charge < -0.3 is 0 Å². The lowest BCUT2D eigenvalue weighted by atomic mass is 10.3. The van der Waals surface area contributed by atoms with Crippen LogP contribution in [0.25, 0.3) is 12.2 Å². The van der Waals surface area contributed by atoms with Gasteiger partial charge in [0.1, 0.15) is 0 Å². The van der Waals surface area contributed by atoms with Crippen LogP contribution in [0.4, 0.5) is 0 Å². The Hall–Kier alpha value is -2.26. The first kappa shape index (κ1) is 20.7. The minimum Gasteiger partial charge on any atom is -0.262 e. The number of nitrogens with zero attached hydrogens (tertiary/aromatic N) is 2. The van der Waals surface area contributed by atoms with E-state index >= 15 is 0 Å². The highest BCUT2D eigenvalue weighted by Gasteiger charge is 2.03. The lowest BCUT2D eigenvalue weighted by Crippen LogP contribution is -2.40. The number of aromatic nitrogens is 2. The van der Waals surface area contributed by atoms with Gasteiger partial charge in [0.05, 0.1) is 0 Å². The van der Waals surface area contributed by atoms with Gasteiger partial charge in [-0.25, -0.2) is 0 Å². The highest BCUT2D eigenvalue weighted by molar-refractivity contribution is 5.44. The molecule has 0 aliphatic heterocycles. The standard InChI is InChI=1S/C16H18N2O.2C2H6/c1-3-15-5-9-17(10-6-15)13-19-14-18-11-7-16(4-2)8-12-18;2*1-2/h3-12H,1-2,13-14H2;2*1-2H3/q+2;;. The molecule has 0 bridgehead atoms. The van der Waals surface area contributed by atoms with E-state index in [0.717, 1.165) is 11.1 Å². The minimum absolute atomic E-state index is 0.521. The third kappa shape index (κ3) is 8.07. The van der Waals surface area contributed by atoms with Crippen LogP contribution < -0.4 is 9.13 Å². The first-order chi connectivity index (χ1) is 11.3. The summed E-state index contributed by atoms with van der Waals surface area (Å²) >= 11 is 0. The molecule has 0 unspecified atom stereocenters. The molecule has 2 aromatic heterocycles. The molecule has 0 radical (unpaired) electrons. The summed E-state index contributed by atoms with van der Waals surface area (Å²) in [5, 5.41) is 0. The molecule has 2 rings (SSSR count). The second-order valence-electron chi connectivity index (χ2n) is 4.16. The minimum atomic E-state index is 0.521. The van der Waals surface area contributed by atoms with E-state index in [1.807, 2.05) is 98.0 Å². The molecule has 3 nitrogen and oxygen atoms in total. The molecule has 0 aliphatic carbocycles. The molecule has 0 spiro atoms. The Morgan fingerprint density at radius 2 is 1.04 bits per heavy atom. The Morgan fingerprint density at radius 1 is 0.739 bits per heavy atom. The molecule has 3 heteroatoms. The molecule has 0 atom stereocenters. The normalized spacial score (nSPS) is 8.87. The summed E-state index contributed by atoms with van der Waals surface area (Å²) in [7, 11) is 0. The summed E-state index contributed by atoms with van der Waals surface area (Å²) in [4.78, 5) is 0. The largest absolute Gasteiger partial charge is 0.262 e. The van der Waals surface area contributed by atoms with Crippen LogP contribution >= 0.6 is 0 Å². The van der Waals surface area contributed by atoms with Crippen molar-refractivity contribution in [2.75, 3.05) is 0 Å². The van der Waals surface area contributed by atoms with Crippen molar-refractivity contribution in [3.05, 3.63) is 73.3 Å². The lowest BCUT2D eigenvalue weighted by molar-refractivity contribution is -0.788. The molecule has 23 heavy (non-hydrogen) atoms. The molecular formula is C20H30N2O+2. The van der Waals surface area contributed by atoms with E-state index in [1.54, 1.807) is 0 Å². The number of pyridine rings is 2. The summed E-state index contributed by atoms with van der Waals surface area (Å²) in [6.45, 7) is 16.5. The number of hydrogen-bond acceptors (Lipinski definition) is 1. The fourth-order valence-electron chi connectivity index (χ4n) is 1.63. The van der Waals surface area contributed by atoms with Gasteiger partial charge in [0, 0.05) is 24.3 Å². The smallest absolute Gasteiger partial charge is 0.257 e. The van der Waals surface area contributed by atoms with Crippen LogP contribution in [0.3, 0.4) is 0 Å². The Morgan fingerprint density at radius 3 is 1.30 bits per heavy atom. The third-order valence-electron chi connectivity index (χ3n) is 2.79. The van der Waals surface area contributed by atoms with E-state index in [1.165, 1.54) is 0 Å². The molecule has 124 valence electrons. The molecule has 0 N–H and O–H groups in total. The van der Waals surface area contributed by atoms with Crippen LogP contribution in [0.2, 0.25) is 0 Å². The van der Waals surface area contributed by atoms with Gasteiger partial charge >= 0.3 is 0 Å². The van der Waals surface area contributed by atoms with Crippen LogP contribution in [-0.2, 0) is 18.2 Å². The highest BCUT2D eigenvalue weighted by Crippen LogP contribution is 1.96. The molecule has 0 saturated heterocycles. The van der Waals surface area contributed by atoms with E-state index in [2.05, 4.69) is 13.2 Å². The topological polar surface area (TPSA) is 17.0 Å². The summed E-state index contributed by atoms with van der Waals surface area (Å²) in [5.74, 6) is 0. The first-order valence-electron chi connectivity index (χ1n) is 8.12. The van der Waals surface area contributed by atoms with Crippen molar-refractivity contribution in [1.82, 2.24) is 0 Å². The average molecular weight is 314 g/mol. The zero-order valence-corrected chi connectivity index (χ0v) is 14.9. The van der Waals surface area contributed by atoms with Gasteiger partial charge in [-0.15, -0.1) is 0 Å². The Bertz CT molecular complexity index is 493.